The predicted molar refractivity (Wildman–Crippen MR) is 83.6 cm³/mol. The highest BCUT2D eigenvalue weighted by atomic mass is 35.5. The average Bonchev–Trinajstić information content (AvgIpc) is 3.36. The first-order valence-electron chi connectivity index (χ1n) is 7.28. The lowest BCUT2D eigenvalue weighted by Crippen LogP contribution is -2.35. The van der Waals surface area contributed by atoms with Gasteiger partial charge in [0.05, 0.1) is 0 Å². The van der Waals surface area contributed by atoms with Crippen LogP contribution in [0.5, 0.6) is 0 Å². The molecule has 0 saturated heterocycles. The fourth-order valence-corrected chi connectivity index (χ4v) is 2.95. The minimum absolute atomic E-state index is 0.189. The molecule has 2 fully saturated rings. The molecule has 0 radical (unpaired) electrons. The van der Waals surface area contributed by atoms with Gasteiger partial charge in [-0.1, -0.05) is 30.3 Å². The second-order valence-electron chi connectivity index (χ2n) is 6.19. The van der Waals surface area contributed by atoms with Crippen LogP contribution in [0.25, 0.3) is 0 Å². The molecule has 0 heterocycles. The van der Waals surface area contributed by atoms with E-state index in [4.69, 9.17) is 27.9 Å². The first-order valence-corrected chi connectivity index (χ1v) is 8.03. The van der Waals surface area contributed by atoms with E-state index >= 15 is 0 Å². The Morgan fingerprint density at radius 3 is 2.36 bits per heavy atom. The zero-order valence-corrected chi connectivity index (χ0v) is 13.7. The van der Waals surface area contributed by atoms with Crippen molar-refractivity contribution in [1.29, 1.82) is 0 Å². The van der Waals surface area contributed by atoms with Gasteiger partial charge in [-0.05, 0) is 19.8 Å². The fraction of sp³-hybridized carbons (Fsp3) is 0.500. The van der Waals surface area contributed by atoms with Crippen molar-refractivity contribution in [3.05, 3.63) is 35.9 Å². The number of carbonyl (C=O) groups is 2. The van der Waals surface area contributed by atoms with Gasteiger partial charge < -0.3 is 10.1 Å². The first-order chi connectivity index (χ1) is 10.3. The summed E-state index contributed by atoms with van der Waals surface area (Å²) >= 11 is 12.0. The molecule has 4 nitrogen and oxygen atoms in total. The maximum absolute atomic E-state index is 12.4. The molecule has 0 aromatic heterocycles. The summed E-state index contributed by atoms with van der Waals surface area (Å²) in [5.74, 6) is -0.849. The topological polar surface area (TPSA) is 55.4 Å². The molecule has 2 aliphatic rings. The summed E-state index contributed by atoms with van der Waals surface area (Å²) in [6.07, 6.45) is 1.28. The van der Waals surface area contributed by atoms with Gasteiger partial charge in [-0.15, -0.1) is 23.2 Å². The summed E-state index contributed by atoms with van der Waals surface area (Å²) in [7, 11) is 0. The van der Waals surface area contributed by atoms with E-state index in [0.717, 1.165) is 12.8 Å². The van der Waals surface area contributed by atoms with E-state index in [0.29, 0.717) is 12.0 Å². The normalized spacial score (nSPS) is 26.9. The van der Waals surface area contributed by atoms with Crippen LogP contribution in [0.3, 0.4) is 0 Å². The maximum Gasteiger partial charge on any atom is 0.316 e. The minimum atomic E-state index is -1.11. The van der Waals surface area contributed by atoms with E-state index in [1.54, 1.807) is 31.2 Å². The standard InChI is InChI=1S/C16H17Cl2NO3/c1-15(9-16(15,17)18)14(21)22-12(10-5-3-2-4-6-10)13(20)19-11-7-8-11/h2-6,11-12H,7-9H2,1H3,(H,19,20)/t12-,15+/m1/s1. The summed E-state index contributed by atoms with van der Waals surface area (Å²) in [4.78, 5) is 24.7. The molecule has 0 aliphatic heterocycles. The third-order valence-corrected chi connectivity index (χ3v) is 5.30. The average molecular weight is 342 g/mol. The lowest BCUT2D eigenvalue weighted by Gasteiger charge is -2.20. The Morgan fingerprint density at radius 1 is 1.27 bits per heavy atom. The maximum atomic E-state index is 12.4. The van der Waals surface area contributed by atoms with Crippen molar-refractivity contribution >= 4 is 35.1 Å². The Labute approximate surface area is 139 Å². The van der Waals surface area contributed by atoms with Gasteiger partial charge in [-0.2, -0.15) is 0 Å². The molecular weight excluding hydrogens is 325 g/mol. The van der Waals surface area contributed by atoms with E-state index in [2.05, 4.69) is 5.32 Å². The fourth-order valence-electron chi connectivity index (χ4n) is 2.26. The van der Waals surface area contributed by atoms with Crippen molar-refractivity contribution in [3.63, 3.8) is 0 Å². The van der Waals surface area contributed by atoms with E-state index in [-0.39, 0.29) is 11.9 Å². The Kier molecular flexibility index (Phi) is 3.86. The lowest BCUT2D eigenvalue weighted by molar-refractivity contribution is -0.161. The van der Waals surface area contributed by atoms with Crippen LogP contribution in [0.4, 0.5) is 0 Å². The van der Waals surface area contributed by atoms with Crippen LogP contribution >= 0.6 is 23.2 Å². The van der Waals surface area contributed by atoms with Crippen LogP contribution in [0.15, 0.2) is 30.3 Å². The van der Waals surface area contributed by atoms with Crippen molar-refractivity contribution in [3.8, 4) is 0 Å². The van der Waals surface area contributed by atoms with Gasteiger partial charge in [0.1, 0.15) is 9.75 Å². The van der Waals surface area contributed by atoms with Gasteiger partial charge in [-0.3, -0.25) is 9.59 Å². The molecule has 2 saturated carbocycles. The Balaban J connectivity index is 1.77. The second kappa shape index (κ2) is 5.43. The molecule has 6 heteroatoms. The first kappa shape index (κ1) is 15.6. The van der Waals surface area contributed by atoms with Crippen LogP contribution in [-0.2, 0) is 14.3 Å². The molecule has 3 rings (SSSR count). The zero-order valence-electron chi connectivity index (χ0n) is 12.1. The number of hydrogen-bond acceptors (Lipinski definition) is 3. The monoisotopic (exact) mass is 341 g/mol. The number of ether oxygens (including phenoxy) is 1. The van der Waals surface area contributed by atoms with Crippen LogP contribution in [0.2, 0.25) is 0 Å². The predicted octanol–water partition coefficient (Wildman–Crippen LogP) is 3.13. The Bertz CT molecular complexity index is 601. The molecule has 0 spiro atoms. The SMILES string of the molecule is C[C@@]1(C(=O)O[C@@H](C(=O)NC2CC2)c2ccccc2)CC1(Cl)Cl. The number of rotatable bonds is 5. The minimum Gasteiger partial charge on any atom is -0.447 e. The van der Waals surface area contributed by atoms with E-state index in [1.807, 2.05) is 6.07 Å². The Morgan fingerprint density at radius 2 is 1.86 bits per heavy atom. The highest BCUT2D eigenvalue weighted by Crippen LogP contribution is 2.64. The van der Waals surface area contributed by atoms with Crippen molar-refractivity contribution in [2.45, 2.75) is 42.7 Å². The summed E-state index contributed by atoms with van der Waals surface area (Å²) in [5, 5.41) is 2.87. The number of esters is 1. The van der Waals surface area contributed by atoms with Crippen LogP contribution in [-0.4, -0.2) is 22.3 Å². The molecule has 1 aromatic carbocycles. The number of amides is 1. The van der Waals surface area contributed by atoms with Crippen molar-refractivity contribution < 1.29 is 14.3 Å². The highest BCUT2D eigenvalue weighted by molar-refractivity contribution is 6.53. The Hall–Kier alpha value is -1.26. The summed E-state index contributed by atoms with van der Waals surface area (Å²) < 4.78 is 4.36. The molecule has 2 atom stereocenters. The largest absolute Gasteiger partial charge is 0.447 e. The number of hydrogen-bond donors (Lipinski definition) is 1. The van der Waals surface area contributed by atoms with Gasteiger partial charge in [-0.25, -0.2) is 0 Å². The quantitative estimate of drug-likeness (QED) is 0.661. The number of carbonyl (C=O) groups excluding carboxylic acids is 2. The highest BCUT2D eigenvalue weighted by Gasteiger charge is 2.69. The van der Waals surface area contributed by atoms with Crippen molar-refractivity contribution in [2.24, 2.45) is 5.41 Å². The van der Waals surface area contributed by atoms with Crippen LogP contribution in [0.1, 0.15) is 37.9 Å². The van der Waals surface area contributed by atoms with Crippen molar-refractivity contribution in [2.75, 3.05) is 0 Å². The second-order valence-corrected chi connectivity index (χ2v) is 7.68. The molecular formula is C16H17Cl2NO3. The van der Waals surface area contributed by atoms with Gasteiger partial charge in [0.2, 0.25) is 6.10 Å². The van der Waals surface area contributed by atoms with E-state index in [1.165, 1.54) is 0 Å². The van der Waals surface area contributed by atoms with Gasteiger partial charge in [0.25, 0.3) is 5.91 Å². The molecule has 1 amide bonds. The van der Waals surface area contributed by atoms with E-state index < -0.39 is 21.8 Å². The molecule has 0 bridgehead atoms. The summed E-state index contributed by atoms with van der Waals surface area (Å²) in [6.45, 7) is 1.65. The number of nitrogens with one attached hydrogen (secondary N) is 1. The number of alkyl halides is 2. The molecule has 22 heavy (non-hydrogen) atoms. The van der Waals surface area contributed by atoms with Crippen LogP contribution < -0.4 is 5.32 Å². The molecule has 1 N–H and O–H groups in total. The third kappa shape index (κ3) is 2.95. The van der Waals surface area contributed by atoms with Crippen molar-refractivity contribution in [1.82, 2.24) is 5.32 Å². The number of halogens is 2. The van der Waals surface area contributed by atoms with Gasteiger partial charge in [0.15, 0.2) is 0 Å². The molecule has 1 aromatic rings. The molecule has 0 unspecified atom stereocenters. The summed E-state index contributed by atoms with van der Waals surface area (Å²) in [5.41, 5.74) is -0.323. The molecule has 2 aliphatic carbocycles. The van der Waals surface area contributed by atoms with Crippen LogP contribution in [0, 0.1) is 5.41 Å². The summed E-state index contributed by atoms with van der Waals surface area (Å²) in [6, 6.07) is 9.14. The van der Waals surface area contributed by atoms with Gasteiger partial charge in [0, 0.05) is 18.0 Å². The number of benzene rings is 1. The molecule has 118 valence electrons. The van der Waals surface area contributed by atoms with Gasteiger partial charge >= 0.3 is 5.97 Å². The smallest absolute Gasteiger partial charge is 0.316 e. The zero-order chi connectivity index (χ0) is 16.0. The van der Waals surface area contributed by atoms with E-state index in [9.17, 15) is 9.59 Å². The lowest BCUT2D eigenvalue weighted by atomic mass is 10.1. The third-order valence-electron chi connectivity index (χ3n) is 4.20.